The molecule has 1 aliphatic carbocycles. The molecule has 3 rings (SSSR count). The monoisotopic (exact) mass is 312 g/mol. The predicted octanol–water partition coefficient (Wildman–Crippen LogP) is 4.39. The fraction of sp³-hybridized carbons (Fsp3) is 0.350. The van der Waals surface area contributed by atoms with Gasteiger partial charge < -0.3 is 4.74 Å². The third-order valence-electron chi connectivity index (χ3n) is 4.95. The standard InChI is InChI=1S/C20H21FO2/c1-20(2)18(13-7-5-4-6-8-13)19(20)17(22)12-14-11-15(23-3)9-10-16(14)21/h4-11,18-19H,12H2,1-3H3/t18-,19-/m0/s1. The van der Waals surface area contributed by atoms with Gasteiger partial charge in [-0.15, -0.1) is 0 Å². The number of ketones is 1. The van der Waals surface area contributed by atoms with Crippen molar-refractivity contribution in [3.8, 4) is 5.75 Å². The molecule has 120 valence electrons. The van der Waals surface area contributed by atoms with Gasteiger partial charge in [0.25, 0.3) is 0 Å². The van der Waals surface area contributed by atoms with Crippen molar-refractivity contribution in [1.29, 1.82) is 0 Å². The van der Waals surface area contributed by atoms with Gasteiger partial charge in [-0.05, 0) is 40.7 Å². The second-order valence-corrected chi connectivity index (χ2v) is 6.79. The van der Waals surface area contributed by atoms with E-state index >= 15 is 0 Å². The Bertz CT molecular complexity index is 722. The van der Waals surface area contributed by atoms with E-state index in [0.29, 0.717) is 11.3 Å². The van der Waals surface area contributed by atoms with E-state index in [-0.39, 0.29) is 35.3 Å². The van der Waals surface area contributed by atoms with Crippen LogP contribution in [0.15, 0.2) is 48.5 Å². The van der Waals surface area contributed by atoms with Gasteiger partial charge in [-0.1, -0.05) is 44.2 Å². The fourth-order valence-corrected chi connectivity index (χ4v) is 3.63. The van der Waals surface area contributed by atoms with Crippen molar-refractivity contribution in [3.63, 3.8) is 0 Å². The number of methoxy groups -OCH3 is 1. The second-order valence-electron chi connectivity index (χ2n) is 6.79. The van der Waals surface area contributed by atoms with E-state index in [1.807, 2.05) is 18.2 Å². The van der Waals surface area contributed by atoms with Crippen LogP contribution in [0.1, 0.15) is 30.9 Å². The highest BCUT2D eigenvalue weighted by Crippen LogP contribution is 2.64. The molecule has 23 heavy (non-hydrogen) atoms. The van der Waals surface area contributed by atoms with E-state index in [1.54, 1.807) is 12.1 Å². The summed E-state index contributed by atoms with van der Waals surface area (Å²) in [5, 5.41) is 0. The SMILES string of the molecule is COc1ccc(F)c(CC(=O)[C@H]2[C@H](c3ccccc3)C2(C)C)c1. The molecule has 2 aromatic rings. The van der Waals surface area contributed by atoms with E-state index in [4.69, 9.17) is 4.74 Å². The molecule has 0 aliphatic heterocycles. The zero-order valence-corrected chi connectivity index (χ0v) is 13.7. The highest BCUT2D eigenvalue weighted by atomic mass is 19.1. The number of rotatable bonds is 5. The van der Waals surface area contributed by atoms with Gasteiger partial charge >= 0.3 is 0 Å². The van der Waals surface area contributed by atoms with Crippen molar-refractivity contribution in [2.45, 2.75) is 26.2 Å². The molecule has 2 aromatic carbocycles. The van der Waals surface area contributed by atoms with E-state index < -0.39 is 0 Å². The molecule has 1 fully saturated rings. The minimum atomic E-state index is -0.353. The van der Waals surface area contributed by atoms with Crippen LogP contribution >= 0.6 is 0 Å². The summed E-state index contributed by atoms with van der Waals surface area (Å²) >= 11 is 0. The molecule has 2 atom stereocenters. The van der Waals surface area contributed by atoms with E-state index in [0.717, 1.165) is 0 Å². The molecule has 0 radical (unpaired) electrons. The van der Waals surface area contributed by atoms with Crippen molar-refractivity contribution in [3.05, 3.63) is 65.5 Å². The Labute approximate surface area is 136 Å². The first-order chi connectivity index (χ1) is 10.9. The number of hydrogen-bond acceptors (Lipinski definition) is 2. The third kappa shape index (κ3) is 2.88. The Balaban J connectivity index is 1.79. The quantitative estimate of drug-likeness (QED) is 0.818. The highest BCUT2D eigenvalue weighted by molar-refractivity contribution is 5.88. The lowest BCUT2D eigenvalue weighted by molar-refractivity contribution is -0.120. The minimum absolute atomic E-state index is 0.0597. The zero-order valence-electron chi connectivity index (χ0n) is 13.7. The van der Waals surface area contributed by atoms with E-state index in [2.05, 4.69) is 26.0 Å². The maximum absolute atomic E-state index is 14.0. The first-order valence-corrected chi connectivity index (χ1v) is 7.85. The van der Waals surface area contributed by atoms with Crippen LogP contribution in [0.25, 0.3) is 0 Å². The molecule has 0 saturated heterocycles. The van der Waals surface area contributed by atoms with Gasteiger partial charge in [0.15, 0.2) is 0 Å². The Hall–Kier alpha value is -2.16. The van der Waals surface area contributed by atoms with Crippen LogP contribution in [0.2, 0.25) is 0 Å². The number of carbonyl (C=O) groups excluding carboxylic acids is 1. The largest absolute Gasteiger partial charge is 0.497 e. The number of hydrogen-bond donors (Lipinski definition) is 0. The normalized spacial score (nSPS) is 21.7. The third-order valence-corrected chi connectivity index (χ3v) is 4.95. The lowest BCUT2D eigenvalue weighted by atomic mass is 10.0. The molecule has 1 aliphatic rings. The lowest BCUT2D eigenvalue weighted by Gasteiger charge is -2.06. The Morgan fingerprint density at radius 1 is 1.17 bits per heavy atom. The zero-order chi connectivity index (χ0) is 16.6. The molecule has 3 heteroatoms. The molecular weight excluding hydrogens is 291 g/mol. The predicted molar refractivity (Wildman–Crippen MR) is 88.1 cm³/mol. The Morgan fingerprint density at radius 3 is 2.52 bits per heavy atom. The first-order valence-electron chi connectivity index (χ1n) is 7.85. The molecule has 0 heterocycles. The number of benzene rings is 2. The smallest absolute Gasteiger partial charge is 0.141 e. The van der Waals surface area contributed by atoms with Gasteiger partial charge in [-0.25, -0.2) is 4.39 Å². The fourth-order valence-electron chi connectivity index (χ4n) is 3.63. The maximum atomic E-state index is 14.0. The van der Waals surface area contributed by atoms with E-state index in [9.17, 15) is 9.18 Å². The van der Waals surface area contributed by atoms with Crippen LogP contribution in [-0.4, -0.2) is 12.9 Å². The molecule has 0 unspecified atom stereocenters. The average Bonchev–Trinajstić information content (AvgIpc) is 3.13. The maximum Gasteiger partial charge on any atom is 0.141 e. The molecule has 2 nitrogen and oxygen atoms in total. The van der Waals surface area contributed by atoms with Crippen LogP contribution in [0.3, 0.4) is 0 Å². The summed E-state index contributed by atoms with van der Waals surface area (Å²) < 4.78 is 19.1. The molecule has 0 N–H and O–H groups in total. The first kappa shape index (κ1) is 15.7. The van der Waals surface area contributed by atoms with Crippen molar-refractivity contribution in [2.75, 3.05) is 7.11 Å². The van der Waals surface area contributed by atoms with Crippen molar-refractivity contribution >= 4 is 5.78 Å². The summed E-state index contributed by atoms with van der Waals surface area (Å²) in [6, 6.07) is 14.6. The summed E-state index contributed by atoms with van der Waals surface area (Å²) in [7, 11) is 1.54. The number of carbonyl (C=O) groups is 1. The van der Waals surface area contributed by atoms with Gasteiger partial charge in [0.05, 0.1) is 7.11 Å². The van der Waals surface area contributed by atoms with Crippen molar-refractivity contribution < 1.29 is 13.9 Å². The Morgan fingerprint density at radius 2 is 1.87 bits per heavy atom. The van der Waals surface area contributed by atoms with Crippen LogP contribution < -0.4 is 4.74 Å². The highest BCUT2D eigenvalue weighted by Gasteiger charge is 2.61. The van der Waals surface area contributed by atoms with Crippen LogP contribution in [0, 0.1) is 17.2 Å². The summed E-state index contributed by atoms with van der Waals surface area (Å²) in [5.74, 6) is 0.467. The van der Waals surface area contributed by atoms with Gasteiger partial charge in [0.1, 0.15) is 17.3 Å². The number of Topliss-reactive ketones (excluding diaryl/α,β-unsaturated/α-hetero) is 1. The van der Waals surface area contributed by atoms with Crippen molar-refractivity contribution in [2.24, 2.45) is 11.3 Å². The number of ether oxygens (including phenoxy) is 1. The van der Waals surface area contributed by atoms with Gasteiger partial charge in [-0.3, -0.25) is 4.79 Å². The lowest BCUT2D eigenvalue weighted by Crippen LogP contribution is -2.10. The van der Waals surface area contributed by atoms with Crippen molar-refractivity contribution in [1.82, 2.24) is 0 Å². The molecular formula is C20H21FO2. The molecule has 0 spiro atoms. The van der Waals surface area contributed by atoms with Crippen LogP contribution in [-0.2, 0) is 11.2 Å². The molecule has 0 aromatic heterocycles. The number of halogens is 1. The van der Waals surface area contributed by atoms with Crippen LogP contribution in [0.5, 0.6) is 5.75 Å². The van der Waals surface area contributed by atoms with Gasteiger partial charge in [-0.2, -0.15) is 0 Å². The summed E-state index contributed by atoms with van der Waals surface area (Å²) in [6.45, 7) is 4.21. The molecule has 1 saturated carbocycles. The average molecular weight is 312 g/mol. The molecule has 0 amide bonds. The Kier molecular flexibility index (Phi) is 3.97. The summed E-state index contributed by atoms with van der Waals surface area (Å²) in [5.41, 5.74) is 1.51. The van der Waals surface area contributed by atoms with Crippen LogP contribution in [0.4, 0.5) is 4.39 Å². The van der Waals surface area contributed by atoms with E-state index in [1.165, 1.54) is 18.7 Å². The topological polar surface area (TPSA) is 26.3 Å². The molecule has 0 bridgehead atoms. The second kappa shape index (κ2) is 5.80. The van der Waals surface area contributed by atoms with Gasteiger partial charge in [0.2, 0.25) is 0 Å². The summed E-state index contributed by atoms with van der Waals surface area (Å²) in [6.07, 6.45) is 0.112. The minimum Gasteiger partial charge on any atom is -0.497 e. The van der Waals surface area contributed by atoms with Gasteiger partial charge in [0, 0.05) is 12.3 Å². The summed E-state index contributed by atoms with van der Waals surface area (Å²) in [4.78, 5) is 12.7.